The molecule has 1 aromatic heterocycles. The zero-order valence-electron chi connectivity index (χ0n) is 10.7. The van der Waals surface area contributed by atoms with Crippen LogP contribution in [0, 0.1) is 6.92 Å². The lowest BCUT2D eigenvalue weighted by Crippen LogP contribution is -2.29. The number of hydrogen-bond acceptors (Lipinski definition) is 4. The lowest BCUT2D eigenvalue weighted by Gasteiger charge is -2.14. The third kappa shape index (κ3) is 4.83. The number of nitrogens with zero attached hydrogens (tertiary/aromatic N) is 1. The molecule has 2 atom stereocenters. The number of aryl methyl sites for hydroxylation is 1. The fourth-order valence-electron chi connectivity index (χ4n) is 1.50. The van der Waals surface area contributed by atoms with Crippen molar-refractivity contribution < 1.29 is 4.79 Å². The highest BCUT2D eigenvalue weighted by Crippen LogP contribution is 2.20. The summed E-state index contributed by atoms with van der Waals surface area (Å²) in [4.78, 5) is 16.1. The Morgan fingerprint density at radius 3 is 2.82 bits per heavy atom. The molecule has 0 fully saturated rings. The Morgan fingerprint density at radius 1 is 1.65 bits per heavy atom. The van der Waals surface area contributed by atoms with Crippen LogP contribution in [-0.2, 0) is 4.79 Å². The Balaban J connectivity index is 2.49. The lowest BCUT2D eigenvalue weighted by molar-refractivity contribution is -0.122. The minimum atomic E-state index is 0.0364. The average molecular weight is 255 g/mol. The van der Waals surface area contributed by atoms with Crippen molar-refractivity contribution in [3.63, 3.8) is 0 Å². The van der Waals surface area contributed by atoms with E-state index in [0.717, 1.165) is 23.5 Å². The van der Waals surface area contributed by atoms with Gasteiger partial charge in [0.05, 0.1) is 6.04 Å². The fourth-order valence-corrected chi connectivity index (χ4v) is 2.43. The highest BCUT2D eigenvalue weighted by molar-refractivity contribution is 7.09. The van der Waals surface area contributed by atoms with E-state index in [4.69, 9.17) is 5.73 Å². The molecule has 17 heavy (non-hydrogen) atoms. The van der Waals surface area contributed by atoms with E-state index in [9.17, 15) is 4.79 Å². The lowest BCUT2D eigenvalue weighted by atomic mass is 10.1. The largest absolute Gasteiger partial charge is 0.347 e. The Hall–Kier alpha value is -0.940. The van der Waals surface area contributed by atoms with Crippen molar-refractivity contribution in [1.82, 2.24) is 10.3 Å². The Labute approximate surface area is 107 Å². The van der Waals surface area contributed by atoms with E-state index in [1.54, 1.807) is 11.3 Å². The average Bonchev–Trinajstić information content (AvgIpc) is 2.69. The van der Waals surface area contributed by atoms with Crippen LogP contribution in [0.4, 0.5) is 0 Å². The van der Waals surface area contributed by atoms with Gasteiger partial charge in [-0.1, -0.05) is 6.92 Å². The van der Waals surface area contributed by atoms with Gasteiger partial charge < -0.3 is 11.1 Å². The molecule has 1 aromatic rings. The van der Waals surface area contributed by atoms with E-state index < -0.39 is 0 Å². The van der Waals surface area contributed by atoms with Crippen LogP contribution in [0.2, 0.25) is 0 Å². The number of carbonyl (C=O) groups excluding carboxylic acids is 1. The first kappa shape index (κ1) is 14.1. The first-order chi connectivity index (χ1) is 8.02. The monoisotopic (exact) mass is 255 g/mol. The molecular weight excluding hydrogens is 234 g/mol. The third-order valence-corrected chi connectivity index (χ3v) is 3.58. The van der Waals surface area contributed by atoms with Gasteiger partial charge in [0.1, 0.15) is 5.01 Å². The molecule has 0 bridgehead atoms. The van der Waals surface area contributed by atoms with Gasteiger partial charge in [0.15, 0.2) is 0 Å². The van der Waals surface area contributed by atoms with Crippen LogP contribution in [0.5, 0.6) is 0 Å². The van der Waals surface area contributed by atoms with Crippen molar-refractivity contribution >= 4 is 17.2 Å². The van der Waals surface area contributed by atoms with Crippen molar-refractivity contribution in [2.24, 2.45) is 5.73 Å². The summed E-state index contributed by atoms with van der Waals surface area (Å²) >= 11 is 1.60. The van der Waals surface area contributed by atoms with Gasteiger partial charge in [-0.05, 0) is 26.7 Å². The maximum absolute atomic E-state index is 11.7. The first-order valence-corrected chi connectivity index (χ1v) is 6.87. The molecule has 96 valence electrons. The zero-order chi connectivity index (χ0) is 12.8. The van der Waals surface area contributed by atoms with Crippen LogP contribution in [0.25, 0.3) is 0 Å². The summed E-state index contributed by atoms with van der Waals surface area (Å²) in [7, 11) is 0. The predicted molar refractivity (Wildman–Crippen MR) is 70.9 cm³/mol. The predicted octanol–water partition coefficient (Wildman–Crippen LogP) is 2.15. The minimum Gasteiger partial charge on any atom is -0.347 e. The number of amides is 1. The Morgan fingerprint density at radius 2 is 2.35 bits per heavy atom. The molecule has 0 aliphatic carbocycles. The highest BCUT2D eigenvalue weighted by Gasteiger charge is 2.15. The molecule has 1 heterocycles. The first-order valence-electron chi connectivity index (χ1n) is 6.00. The second-order valence-electron chi connectivity index (χ2n) is 4.37. The molecule has 0 radical (unpaired) electrons. The summed E-state index contributed by atoms with van der Waals surface area (Å²) in [5.74, 6) is 0.0574. The highest BCUT2D eigenvalue weighted by atomic mass is 32.1. The second kappa shape index (κ2) is 6.71. The van der Waals surface area contributed by atoms with Gasteiger partial charge in [-0.25, -0.2) is 4.98 Å². The summed E-state index contributed by atoms with van der Waals surface area (Å²) in [5.41, 5.74) is 6.64. The van der Waals surface area contributed by atoms with E-state index in [1.165, 1.54) is 0 Å². The molecule has 4 nitrogen and oxygen atoms in total. The van der Waals surface area contributed by atoms with Gasteiger partial charge in [0, 0.05) is 23.5 Å². The normalized spacial score (nSPS) is 14.4. The summed E-state index contributed by atoms with van der Waals surface area (Å²) in [6.45, 7) is 5.92. The molecule has 0 aliphatic heterocycles. The molecule has 2 unspecified atom stereocenters. The van der Waals surface area contributed by atoms with Crippen molar-refractivity contribution in [1.29, 1.82) is 0 Å². The summed E-state index contributed by atoms with van der Waals surface area (Å²) in [6, 6.07) is 0.109. The van der Waals surface area contributed by atoms with Gasteiger partial charge >= 0.3 is 0 Å². The molecule has 1 rings (SSSR count). The van der Waals surface area contributed by atoms with Crippen molar-refractivity contribution in [2.75, 3.05) is 0 Å². The van der Waals surface area contributed by atoms with E-state index in [-0.39, 0.29) is 18.0 Å². The van der Waals surface area contributed by atoms with Crippen LogP contribution in [0.1, 0.15) is 49.9 Å². The van der Waals surface area contributed by atoms with Crippen LogP contribution < -0.4 is 11.1 Å². The minimum absolute atomic E-state index is 0.0364. The number of nitrogens with one attached hydrogen (secondary N) is 1. The molecule has 3 N–H and O–H groups in total. The Kier molecular flexibility index (Phi) is 5.58. The van der Waals surface area contributed by atoms with Gasteiger partial charge in [-0.2, -0.15) is 0 Å². The molecule has 0 aromatic carbocycles. The molecule has 0 aliphatic rings. The second-order valence-corrected chi connectivity index (χ2v) is 5.26. The number of nitrogens with two attached hydrogens (primary N) is 1. The topological polar surface area (TPSA) is 68.0 Å². The van der Waals surface area contributed by atoms with Crippen molar-refractivity contribution in [2.45, 2.75) is 52.1 Å². The summed E-state index contributed by atoms with van der Waals surface area (Å²) in [6.07, 6.45) is 2.06. The standard InChI is InChI=1S/C12H21N3OS/c1-4-10(12-14-9(3)7-17-12)15-11(16)6-5-8(2)13/h7-8,10H,4-6,13H2,1-3H3,(H,15,16). The molecule has 0 saturated heterocycles. The number of carbonyl (C=O) groups is 1. The fraction of sp³-hybridized carbons (Fsp3) is 0.667. The van der Waals surface area contributed by atoms with Crippen molar-refractivity contribution in [3.05, 3.63) is 16.1 Å². The maximum atomic E-state index is 11.7. The zero-order valence-corrected chi connectivity index (χ0v) is 11.5. The summed E-state index contributed by atoms with van der Waals surface area (Å²) in [5, 5.41) is 6.00. The number of hydrogen-bond donors (Lipinski definition) is 2. The molecule has 0 saturated carbocycles. The van der Waals surface area contributed by atoms with E-state index >= 15 is 0 Å². The van der Waals surface area contributed by atoms with Crippen LogP contribution in [0.3, 0.4) is 0 Å². The van der Waals surface area contributed by atoms with Crippen LogP contribution >= 0.6 is 11.3 Å². The number of rotatable bonds is 6. The summed E-state index contributed by atoms with van der Waals surface area (Å²) < 4.78 is 0. The van der Waals surface area contributed by atoms with Gasteiger partial charge in [-0.3, -0.25) is 4.79 Å². The molecule has 5 heteroatoms. The smallest absolute Gasteiger partial charge is 0.220 e. The van der Waals surface area contributed by atoms with Crippen LogP contribution in [0.15, 0.2) is 5.38 Å². The van der Waals surface area contributed by atoms with Gasteiger partial charge in [0.2, 0.25) is 5.91 Å². The third-order valence-electron chi connectivity index (χ3n) is 2.51. The molecule has 0 spiro atoms. The molecular formula is C12H21N3OS. The Bertz CT molecular complexity index is 362. The van der Waals surface area contributed by atoms with Crippen molar-refractivity contribution in [3.8, 4) is 0 Å². The number of aromatic nitrogens is 1. The number of thiazole rings is 1. The van der Waals surface area contributed by atoms with Gasteiger partial charge in [0.25, 0.3) is 0 Å². The maximum Gasteiger partial charge on any atom is 0.220 e. The van der Waals surface area contributed by atoms with Crippen LogP contribution in [-0.4, -0.2) is 16.9 Å². The van der Waals surface area contributed by atoms with Gasteiger partial charge in [-0.15, -0.1) is 11.3 Å². The SMILES string of the molecule is CCC(NC(=O)CCC(C)N)c1nc(C)cs1. The quantitative estimate of drug-likeness (QED) is 0.818. The van der Waals surface area contributed by atoms with E-state index in [1.807, 2.05) is 26.2 Å². The van der Waals surface area contributed by atoms with E-state index in [2.05, 4.69) is 10.3 Å². The van der Waals surface area contributed by atoms with E-state index in [0.29, 0.717) is 6.42 Å². The molecule has 1 amide bonds.